The van der Waals surface area contributed by atoms with Crippen LogP contribution in [0.4, 0.5) is 20.6 Å². The Bertz CT molecular complexity index is 793. The van der Waals surface area contributed by atoms with Crippen LogP contribution in [-0.2, 0) is 4.79 Å². The second-order valence-corrected chi connectivity index (χ2v) is 5.38. The van der Waals surface area contributed by atoms with Crippen molar-refractivity contribution in [3.05, 3.63) is 59.9 Å². The van der Waals surface area contributed by atoms with Gasteiger partial charge in [-0.3, -0.25) is 9.59 Å². The Morgan fingerprint density at radius 1 is 0.885 bits per heavy atom. The van der Waals surface area contributed by atoms with Crippen molar-refractivity contribution in [3.8, 4) is 0 Å². The number of para-hydroxylation sites is 1. The molecule has 2 aromatic carbocycles. The Morgan fingerprint density at radius 3 is 2.19 bits per heavy atom. The summed E-state index contributed by atoms with van der Waals surface area (Å²) in [5, 5.41) is 10.2. The van der Waals surface area contributed by atoms with Crippen molar-refractivity contribution < 1.29 is 18.8 Å². The van der Waals surface area contributed by atoms with Crippen LogP contribution in [0.5, 0.6) is 0 Å². The fourth-order valence-corrected chi connectivity index (χ4v) is 2.09. The van der Waals surface area contributed by atoms with Crippen LogP contribution in [0.15, 0.2) is 48.5 Å². The summed E-state index contributed by atoms with van der Waals surface area (Å²) >= 11 is 0. The van der Waals surface area contributed by atoms with Gasteiger partial charge in [0.25, 0.3) is 5.91 Å². The maximum atomic E-state index is 13.4. The number of carbonyl (C=O) groups excluding carboxylic acids is 3. The van der Waals surface area contributed by atoms with E-state index in [1.54, 1.807) is 30.3 Å². The molecular formula is C18H19FN4O3. The lowest BCUT2D eigenvalue weighted by atomic mass is 10.2. The van der Waals surface area contributed by atoms with Crippen LogP contribution in [0, 0.1) is 5.82 Å². The third-order valence-corrected chi connectivity index (χ3v) is 3.29. The molecule has 0 heterocycles. The molecule has 0 bridgehead atoms. The van der Waals surface area contributed by atoms with Gasteiger partial charge in [0.1, 0.15) is 5.82 Å². The summed E-state index contributed by atoms with van der Waals surface area (Å²) in [6, 6.07) is 11.7. The Hall–Kier alpha value is -3.42. The van der Waals surface area contributed by atoms with Crippen LogP contribution in [0.25, 0.3) is 0 Å². The van der Waals surface area contributed by atoms with Crippen LogP contribution in [0.1, 0.15) is 17.3 Å². The average Bonchev–Trinajstić information content (AvgIpc) is 2.60. The van der Waals surface area contributed by atoms with E-state index < -0.39 is 11.8 Å². The molecule has 26 heavy (non-hydrogen) atoms. The van der Waals surface area contributed by atoms with Crippen LogP contribution >= 0.6 is 0 Å². The molecule has 0 unspecified atom stereocenters. The van der Waals surface area contributed by atoms with Gasteiger partial charge in [0.05, 0.1) is 5.69 Å². The third-order valence-electron chi connectivity index (χ3n) is 3.29. The van der Waals surface area contributed by atoms with E-state index >= 15 is 0 Å². The standard InChI is InChI=1S/C18H19FN4O3/c1-12(24)22-14-8-6-13(7-9-14)17(25)20-10-11-21-18(26)23-16-5-3-2-4-15(16)19/h2-9H,10-11H2,1H3,(H,20,25)(H,22,24)(H2,21,23,26). The summed E-state index contributed by atoms with van der Waals surface area (Å²) in [5.74, 6) is -1.03. The minimum Gasteiger partial charge on any atom is -0.350 e. The van der Waals surface area contributed by atoms with E-state index in [1.165, 1.54) is 25.1 Å². The van der Waals surface area contributed by atoms with Gasteiger partial charge >= 0.3 is 6.03 Å². The molecule has 0 fully saturated rings. The van der Waals surface area contributed by atoms with Crippen molar-refractivity contribution in [2.75, 3.05) is 23.7 Å². The number of hydrogen-bond acceptors (Lipinski definition) is 3. The molecular weight excluding hydrogens is 339 g/mol. The van der Waals surface area contributed by atoms with E-state index in [-0.39, 0.29) is 30.6 Å². The lowest BCUT2D eigenvalue weighted by Crippen LogP contribution is -2.36. The summed E-state index contributed by atoms with van der Waals surface area (Å²) in [4.78, 5) is 34.6. The first kappa shape index (κ1) is 18.9. The van der Waals surface area contributed by atoms with E-state index in [0.29, 0.717) is 11.3 Å². The van der Waals surface area contributed by atoms with E-state index in [2.05, 4.69) is 21.3 Å². The SMILES string of the molecule is CC(=O)Nc1ccc(C(=O)NCCNC(=O)Nc2ccccc2F)cc1. The van der Waals surface area contributed by atoms with E-state index in [1.807, 2.05) is 0 Å². The van der Waals surface area contributed by atoms with Gasteiger partial charge in [-0.2, -0.15) is 0 Å². The predicted octanol–water partition coefficient (Wildman–Crippen LogP) is 2.34. The number of carbonyl (C=O) groups is 3. The van der Waals surface area contributed by atoms with Crippen molar-refractivity contribution in [1.82, 2.24) is 10.6 Å². The lowest BCUT2D eigenvalue weighted by Gasteiger charge is -2.09. The molecule has 0 atom stereocenters. The van der Waals surface area contributed by atoms with Crippen molar-refractivity contribution in [3.63, 3.8) is 0 Å². The molecule has 4 amide bonds. The molecule has 0 aliphatic heterocycles. The minimum atomic E-state index is -0.566. The Balaban J connectivity index is 1.72. The summed E-state index contributed by atoms with van der Waals surface area (Å²) in [7, 11) is 0. The van der Waals surface area contributed by atoms with E-state index in [9.17, 15) is 18.8 Å². The maximum absolute atomic E-state index is 13.4. The van der Waals surface area contributed by atoms with Crippen LogP contribution < -0.4 is 21.3 Å². The number of rotatable bonds is 6. The first-order valence-electron chi connectivity index (χ1n) is 7.91. The molecule has 136 valence electrons. The Labute approximate surface area is 150 Å². The van der Waals surface area contributed by atoms with Crippen molar-refractivity contribution in [2.24, 2.45) is 0 Å². The third kappa shape index (κ3) is 5.90. The molecule has 7 nitrogen and oxygen atoms in total. The van der Waals surface area contributed by atoms with Gasteiger partial charge in [0.2, 0.25) is 5.91 Å². The number of urea groups is 1. The molecule has 0 saturated heterocycles. The highest BCUT2D eigenvalue weighted by atomic mass is 19.1. The highest BCUT2D eigenvalue weighted by Crippen LogP contribution is 2.11. The maximum Gasteiger partial charge on any atom is 0.319 e. The molecule has 0 radical (unpaired) electrons. The fraction of sp³-hybridized carbons (Fsp3) is 0.167. The van der Waals surface area contributed by atoms with Crippen molar-refractivity contribution >= 4 is 29.2 Å². The molecule has 0 spiro atoms. The molecule has 0 aliphatic carbocycles. The van der Waals surface area contributed by atoms with Crippen LogP contribution in [0.3, 0.4) is 0 Å². The smallest absolute Gasteiger partial charge is 0.319 e. The number of benzene rings is 2. The zero-order chi connectivity index (χ0) is 18.9. The molecule has 8 heteroatoms. The Morgan fingerprint density at radius 2 is 1.54 bits per heavy atom. The zero-order valence-corrected chi connectivity index (χ0v) is 14.1. The number of halogens is 1. The summed E-state index contributed by atoms with van der Waals surface area (Å²) in [5.41, 5.74) is 1.10. The summed E-state index contributed by atoms with van der Waals surface area (Å²) in [6.45, 7) is 1.78. The lowest BCUT2D eigenvalue weighted by molar-refractivity contribution is -0.114. The van der Waals surface area contributed by atoms with E-state index in [4.69, 9.17) is 0 Å². The first-order valence-corrected chi connectivity index (χ1v) is 7.91. The van der Waals surface area contributed by atoms with Gasteiger partial charge < -0.3 is 21.3 Å². The number of hydrogen-bond donors (Lipinski definition) is 4. The Kier molecular flexibility index (Phi) is 6.67. The van der Waals surface area contributed by atoms with Crippen molar-refractivity contribution in [1.29, 1.82) is 0 Å². The van der Waals surface area contributed by atoms with Crippen LogP contribution in [-0.4, -0.2) is 30.9 Å². The first-order chi connectivity index (χ1) is 12.5. The number of anilines is 2. The summed E-state index contributed by atoms with van der Waals surface area (Å²) < 4.78 is 13.4. The van der Waals surface area contributed by atoms with E-state index in [0.717, 1.165) is 0 Å². The van der Waals surface area contributed by atoms with Gasteiger partial charge in [0.15, 0.2) is 0 Å². The second-order valence-electron chi connectivity index (χ2n) is 5.38. The molecule has 0 saturated carbocycles. The largest absolute Gasteiger partial charge is 0.350 e. The van der Waals surface area contributed by atoms with Crippen molar-refractivity contribution in [2.45, 2.75) is 6.92 Å². The second kappa shape index (κ2) is 9.16. The average molecular weight is 358 g/mol. The molecule has 0 aliphatic rings. The minimum absolute atomic E-state index is 0.0771. The van der Waals surface area contributed by atoms with Gasteiger partial charge in [-0.15, -0.1) is 0 Å². The normalized spacial score (nSPS) is 9.92. The van der Waals surface area contributed by atoms with Gasteiger partial charge in [-0.05, 0) is 36.4 Å². The zero-order valence-electron chi connectivity index (χ0n) is 14.1. The molecule has 4 N–H and O–H groups in total. The van der Waals surface area contributed by atoms with Crippen LogP contribution in [0.2, 0.25) is 0 Å². The predicted molar refractivity (Wildman–Crippen MR) is 96.5 cm³/mol. The van der Waals surface area contributed by atoms with Gasteiger partial charge in [-0.1, -0.05) is 12.1 Å². The molecule has 2 aromatic rings. The number of amides is 4. The monoisotopic (exact) mass is 358 g/mol. The quantitative estimate of drug-likeness (QED) is 0.597. The number of nitrogens with one attached hydrogen (secondary N) is 4. The molecule has 2 rings (SSSR count). The highest BCUT2D eigenvalue weighted by Gasteiger charge is 2.07. The topological polar surface area (TPSA) is 99.3 Å². The molecule has 0 aromatic heterocycles. The van der Waals surface area contributed by atoms with Gasteiger partial charge in [-0.25, -0.2) is 9.18 Å². The van der Waals surface area contributed by atoms with Gasteiger partial charge in [0, 0.05) is 31.3 Å². The fourth-order valence-electron chi connectivity index (χ4n) is 2.09. The summed E-state index contributed by atoms with van der Waals surface area (Å²) in [6.07, 6.45) is 0. The highest BCUT2D eigenvalue weighted by molar-refractivity contribution is 5.95.